The van der Waals surface area contributed by atoms with Gasteiger partial charge in [-0.15, -0.1) is 11.3 Å². The van der Waals surface area contributed by atoms with Crippen LogP contribution in [0.5, 0.6) is 5.75 Å². The van der Waals surface area contributed by atoms with Gasteiger partial charge in [-0.25, -0.2) is 4.98 Å². The van der Waals surface area contributed by atoms with Crippen LogP contribution in [0, 0.1) is 0 Å². The Labute approximate surface area is 233 Å². The number of thiophene rings is 1. The van der Waals surface area contributed by atoms with Crippen molar-refractivity contribution < 1.29 is 32.3 Å². The molecule has 2 aromatic heterocycles. The van der Waals surface area contributed by atoms with Crippen LogP contribution < -0.4 is 16.2 Å². The van der Waals surface area contributed by atoms with Crippen molar-refractivity contribution in [2.45, 2.75) is 39.5 Å². The van der Waals surface area contributed by atoms with Gasteiger partial charge in [0.2, 0.25) is 0 Å². The summed E-state index contributed by atoms with van der Waals surface area (Å²) in [5.74, 6) is -0.0609. The molecule has 2 aromatic carbocycles. The van der Waals surface area contributed by atoms with Crippen molar-refractivity contribution >= 4 is 40.4 Å². The van der Waals surface area contributed by atoms with Gasteiger partial charge in [-0.3, -0.25) is 9.36 Å². The van der Waals surface area contributed by atoms with E-state index in [1.807, 2.05) is 31.2 Å². The normalized spacial score (nSPS) is 11.9. The van der Waals surface area contributed by atoms with Crippen molar-refractivity contribution in [3.8, 4) is 10.8 Å². The van der Waals surface area contributed by atoms with Gasteiger partial charge < -0.3 is 25.8 Å². The van der Waals surface area contributed by atoms with E-state index in [2.05, 4.69) is 15.0 Å². The lowest BCUT2D eigenvalue weighted by Gasteiger charge is -2.19. The second kappa shape index (κ2) is 14.7. The van der Waals surface area contributed by atoms with Crippen LogP contribution in [-0.4, -0.2) is 34.7 Å². The molecule has 1 amide bonds. The third-order valence-electron chi connectivity index (χ3n) is 5.18. The molecule has 4 N–H and O–H groups in total. The van der Waals surface area contributed by atoms with Crippen LogP contribution in [0.1, 0.15) is 54.1 Å². The van der Waals surface area contributed by atoms with E-state index in [-0.39, 0.29) is 16.2 Å². The number of halogens is 3. The van der Waals surface area contributed by atoms with Gasteiger partial charge in [0.25, 0.3) is 5.91 Å². The molecule has 4 rings (SSSR count). The molecule has 0 aliphatic rings. The highest BCUT2D eigenvalue weighted by atomic mass is 32.1. The number of carbonyl (C=O) groups excluding carboxylic acids is 2. The number of amides is 1. The summed E-state index contributed by atoms with van der Waals surface area (Å²) in [6, 6.07) is 14.2. The topological polar surface area (TPSA) is 135 Å². The van der Waals surface area contributed by atoms with E-state index in [1.54, 1.807) is 17.0 Å². The average Bonchev–Trinajstić information content (AvgIpc) is 3.53. The van der Waals surface area contributed by atoms with Crippen molar-refractivity contribution in [3.05, 3.63) is 76.9 Å². The largest absolute Gasteiger partial charge is 0.484 e. The van der Waals surface area contributed by atoms with E-state index >= 15 is 0 Å². The molecule has 0 saturated heterocycles. The number of imidazole rings is 1. The fourth-order valence-corrected chi connectivity index (χ4v) is 4.35. The second-order valence-corrected chi connectivity index (χ2v) is 8.98. The van der Waals surface area contributed by atoms with Crippen LogP contribution in [0.25, 0.3) is 16.0 Å². The first-order valence-corrected chi connectivity index (χ1v) is 12.7. The van der Waals surface area contributed by atoms with Crippen molar-refractivity contribution in [1.82, 2.24) is 9.55 Å². The van der Waals surface area contributed by atoms with E-state index < -0.39 is 23.8 Å². The van der Waals surface area contributed by atoms with Crippen LogP contribution in [0.2, 0.25) is 0 Å². The Morgan fingerprint density at radius 3 is 2.38 bits per heavy atom. The highest BCUT2D eigenvalue weighted by molar-refractivity contribution is 7.16. The number of fused-ring (bicyclic) bond motifs is 1. The monoisotopic (exact) mass is 577 g/mol. The number of oxime groups is 1. The summed E-state index contributed by atoms with van der Waals surface area (Å²) in [6.45, 7) is 4.86. The fraction of sp³-hybridized carbons (Fsp3) is 0.259. The average molecular weight is 578 g/mol. The molecule has 0 aliphatic heterocycles. The summed E-state index contributed by atoms with van der Waals surface area (Å²) < 4.78 is 47.6. The summed E-state index contributed by atoms with van der Waals surface area (Å²) >= 11 is 1.09. The van der Waals surface area contributed by atoms with Gasteiger partial charge in [-0.1, -0.05) is 42.4 Å². The number of amidine groups is 1. The summed E-state index contributed by atoms with van der Waals surface area (Å²) in [6.07, 6.45) is -2.37. The maximum Gasteiger partial charge on any atom is 0.416 e. The number of nitrogens with two attached hydrogens (primary N) is 2. The molecule has 40 heavy (non-hydrogen) atoms. The van der Waals surface area contributed by atoms with Crippen molar-refractivity contribution in [3.63, 3.8) is 0 Å². The second-order valence-electron chi connectivity index (χ2n) is 7.95. The quantitative estimate of drug-likeness (QED) is 0.122. The molecule has 0 bridgehead atoms. The van der Waals surface area contributed by atoms with Crippen LogP contribution >= 0.6 is 11.3 Å². The Kier molecular flexibility index (Phi) is 11.7. The standard InChI is InChI=1S/C21H16F3N3O2S.C4H10N2O.C2H4O/c1-12(13-6-2-3-7-14(13)21(22,23)24)29-17-10-18(30-19(17)20(25)28)27-11-26-15-8-4-5-9-16(15)27;1-3-4(5)6-7-2;1-2-3/h2-12H,1H3,(H2,25,28);3H2,1-2H3,(H2,5,6);2H,1H3. The third-order valence-corrected chi connectivity index (χ3v) is 6.31. The molecule has 0 saturated carbocycles. The van der Waals surface area contributed by atoms with Crippen molar-refractivity contribution in [2.75, 3.05) is 7.11 Å². The van der Waals surface area contributed by atoms with Crippen LogP contribution in [-0.2, 0) is 15.8 Å². The lowest BCUT2D eigenvalue weighted by Crippen LogP contribution is -2.15. The Hall–Kier alpha value is -4.39. The predicted molar refractivity (Wildman–Crippen MR) is 149 cm³/mol. The summed E-state index contributed by atoms with van der Waals surface area (Å²) in [5.41, 5.74) is 11.5. The first kappa shape index (κ1) is 31.8. The molecule has 0 fully saturated rings. The van der Waals surface area contributed by atoms with Crippen LogP contribution in [0.15, 0.2) is 66.1 Å². The number of para-hydroxylation sites is 2. The van der Waals surface area contributed by atoms with Gasteiger partial charge >= 0.3 is 6.18 Å². The molecule has 214 valence electrons. The number of hydrogen-bond acceptors (Lipinski definition) is 7. The van der Waals surface area contributed by atoms with E-state index in [9.17, 15) is 18.0 Å². The molecule has 0 radical (unpaired) electrons. The highest BCUT2D eigenvalue weighted by Gasteiger charge is 2.35. The number of alkyl halides is 3. The zero-order chi connectivity index (χ0) is 29.9. The van der Waals surface area contributed by atoms with E-state index in [0.29, 0.717) is 10.8 Å². The number of primary amides is 1. The predicted octanol–water partition coefficient (Wildman–Crippen LogP) is 5.86. The first-order chi connectivity index (χ1) is 19.0. The number of aromatic nitrogens is 2. The number of rotatable bonds is 7. The molecule has 1 atom stereocenters. The number of benzene rings is 2. The molecule has 13 heteroatoms. The summed E-state index contributed by atoms with van der Waals surface area (Å²) in [4.78, 5) is 29.6. The first-order valence-electron chi connectivity index (χ1n) is 11.9. The Morgan fingerprint density at radius 1 is 1.18 bits per heavy atom. The fourth-order valence-electron chi connectivity index (χ4n) is 3.42. The minimum atomic E-state index is -4.52. The molecule has 2 heterocycles. The van der Waals surface area contributed by atoms with E-state index in [1.165, 1.54) is 39.2 Å². The molecular formula is C27H30F3N5O4S. The van der Waals surface area contributed by atoms with Crippen LogP contribution in [0.4, 0.5) is 13.2 Å². The minimum absolute atomic E-state index is 0.0266. The molecule has 4 aromatic rings. The maximum atomic E-state index is 13.4. The molecule has 9 nitrogen and oxygen atoms in total. The van der Waals surface area contributed by atoms with Gasteiger partial charge in [0.15, 0.2) is 0 Å². The van der Waals surface area contributed by atoms with Crippen molar-refractivity contribution in [2.24, 2.45) is 16.6 Å². The Morgan fingerprint density at radius 2 is 1.80 bits per heavy atom. The molecule has 0 spiro atoms. The maximum absolute atomic E-state index is 13.4. The zero-order valence-corrected chi connectivity index (χ0v) is 23.1. The van der Waals surface area contributed by atoms with Gasteiger partial charge in [0, 0.05) is 18.1 Å². The van der Waals surface area contributed by atoms with Gasteiger partial charge in [-0.2, -0.15) is 13.2 Å². The Balaban J connectivity index is 0.000000483. The van der Waals surface area contributed by atoms with Crippen molar-refractivity contribution in [1.29, 1.82) is 0 Å². The minimum Gasteiger partial charge on any atom is -0.484 e. The smallest absolute Gasteiger partial charge is 0.416 e. The molecular weight excluding hydrogens is 547 g/mol. The van der Waals surface area contributed by atoms with Gasteiger partial charge in [0.1, 0.15) is 47.3 Å². The Bertz CT molecular complexity index is 1450. The lowest BCUT2D eigenvalue weighted by molar-refractivity contribution is -0.139. The summed E-state index contributed by atoms with van der Waals surface area (Å²) in [5, 5.41) is 4.05. The van der Waals surface area contributed by atoms with E-state index in [4.69, 9.17) is 21.0 Å². The lowest BCUT2D eigenvalue weighted by atomic mass is 10.0. The zero-order valence-electron chi connectivity index (χ0n) is 22.3. The van der Waals surface area contributed by atoms with Gasteiger partial charge in [0.05, 0.1) is 16.6 Å². The highest BCUT2D eigenvalue weighted by Crippen LogP contribution is 2.39. The van der Waals surface area contributed by atoms with Gasteiger partial charge in [-0.05, 0) is 32.0 Å². The number of nitrogens with zero attached hydrogens (tertiary/aromatic N) is 3. The summed E-state index contributed by atoms with van der Waals surface area (Å²) in [7, 11) is 1.47. The number of aldehydes is 1. The van der Waals surface area contributed by atoms with Crippen LogP contribution in [0.3, 0.4) is 0 Å². The number of ether oxygens (including phenoxy) is 1. The number of carbonyl (C=O) groups is 2. The number of hydrogen-bond donors (Lipinski definition) is 2. The van der Waals surface area contributed by atoms with E-state index in [0.717, 1.165) is 41.1 Å². The molecule has 1 unspecified atom stereocenters. The SMILES string of the molecule is CC(Oc1cc(-n2cnc3ccccc32)sc1C(N)=O)c1ccccc1C(F)(F)F.CC/C(N)=N/OC.CC=O. The molecule has 0 aliphatic carbocycles. The third kappa shape index (κ3) is 8.30.